The molecule has 2 N–H and O–H groups in total. The summed E-state index contributed by atoms with van der Waals surface area (Å²) >= 11 is 0. The number of urea groups is 1. The number of carbonyl (C=O) groups excluding carboxylic acids is 3. The van der Waals surface area contributed by atoms with Crippen molar-refractivity contribution >= 4 is 17.8 Å². The molecule has 1 aromatic carbocycles. The third kappa shape index (κ3) is 4.69. The van der Waals surface area contributed by atoms with Crippen molar-refractivity contribution < 1.29 is 24.0 Å². The number of nitrogens with zero attached hydrogens (tertiary/aromatic N) is 2. The zero-order valence-corrected chi connectivity index (χ0v) is 18.3. The summed E-state index contributed by atoms with van der Waals surface area (Å²) in [4.78, 5) is 42.2. The lowest BCUT2D eigenvalue weighted by Gasteiger charge is -2.32. The number of ether oxygens (including phenoxy) is 1. The molecule has 3 aliphatic rings. The van der Waals surface area contributed by atoms with Gasteiger partial charge in [0.15, 0.2) is 0 Å². The van der Waals surface area contributed by atoms with Crippen molar-refractivity contribution in [3.63, 3.8) is 0 Å². The molecular weight excluding hydrogens is 396 g/mol. The van der Waals surface area contributed by atoms with Gasteiger partial charge in [-0.1, -0.05) is 12.8 Å². The number of piperazine rings is 1. The van der Waals surface area contributed by atoms with Crippen LogP contribution in [-0.4, -0.2) is 73.0 Å². The smallest absolute Gasteiger partial charge is 0.325 e. The number of amides is 4. The van der Waals surface area contributed by atoms with Gasteiger partial charge in [0, 0.05) is 18.5 Å². The van der Waals surface area contributed by atoms with Gasteiger partial charge in [-0.3, -0.25) is 14.5 Å². The van der Waals surface area contributed by atoms with Crippen LogP contribution < -0.4 is 15.0 Å². The molecule has 168 valence electrons. The van der Waals surface area contributed by atoms with Gasteiger partial charge in [0.2, 0.25) is 5.91 Å². The van der Waals surface area contributed by atoms with Gasteiger partial charge >= 0.3 is 6.03 Å². The Bertz CT molecular complexity index is 811. The number of hydrogen-bond acceptors (Lipinski definition) is 4. The fourth-order valence-electron chi connectivity index (χ4n) is 5.02. The Labute approximate surface area is 183 Å². The molecule has 1 saturated carbocycles. The van der Waals surface area contributed by atoms with Crippen molar-refractivity contribution in [2.75, 3.05) is 39.8 Å². The molecule has 0 aromatic heterocycles. The lowest BCUT2D eigenvalue weighted by molar-refractivity contribution is -0.917. The molecule has 8 heteroatoms. The van der Waals surface area contributed by atoms with Crippen LogP contribution in [0, 0.1) is 0 Å². The van der Waals surface area contributed by atoms with Gasteiger partial charge < -0.3 is 19.9 Å². The molecule has 1 aliphatic carbocycles. The molecule has 4 amide bonds. The van der Waals surface area contributed by atoms with E-state index in [2.05, 4.69) is 17.4 Å². The van der Waals surface area contributed by atoms with E-state index in [0.717, 1.165) is 64.2 Å². The summed E-state index contributed by atoms with van der Waals surface area (Å²) < 4.78 is 5.21. The first kappa shape index (κ1) is 21.6. The molecule has 2 saturated heterocycles. The minimum Gasteiger partial charge on any atom is -0.497 e. The van der Waals surface area contributed by atoms with E-state index in [1.165, 1.54) is 15.4 Å². The van der Waals surface area contributed by atoms with Crippen molar-refractivity contribution in [3.8, 4) is 5.75 Å². The van der Waals surface area contributed by atoms with Crippen LogP contribution in [0.15, 0.2) is 24.3 Å². The monoisotopic (exact) mass is 429 g/mol. The summed E-state index contributed by atoms with van der Waals surface area (Å²) in [6, 6.07) is 7.85. The fraction of sp³-hybridized carbons (Fsp3) is 0.609. The first-order valence-electron chi connectivity index (χ1n) is 11.4. The summed E-state index contributed by atoms with van der Waals surface area (Å²) in [5.41, 5.74) is 0.605. The largest absolute Gasteiger partial charge is 0.497 e. The molecule has 31 heavy (non-hydrogen) atoms. The third-order valence-corrected chi connectivity index (χ3v) is 6.91. The number of nitrogens with one attached hydrogen (secondary N) is 2. The van der Waals surface area contributed by atoms with Crippen LogP contribution in [0.25, 0.3) is 0 Å². The van der Waals surface area contributed by atoms with Gasteiger partial charge in [0.25, 0.3) is 5.91 Å². The Morgan fingerprint density at radius 1 is 1.13 bits per heavy atom. The maximum atomic E-state index is 12.7. The molecule has 1 aromatic rings. The average Bonchev–Trinajstić information content (AvgIpc) is 3.35. The summed E-state index contributed by atoms with van der Waals surface area (Å²) in [5.74, 6) is 0.880. The van der Waals surface area contributed by atoms with Crippen molar-refractivity contribution in [2.45, 2.75) is 50.6 Å². The first-order chi connectivity index (χ1) is 15.0. The van der Waals surface area contributed by atoms with Crippen LogP contribution in [0.1, 0.15) is 44.1 Å². The highest BCUT2D eigenvalue weighted by molar-refractivity contribution is 6.07. The second kappa shape index (κ2) is 9.26. The standard InChI is InChI=1S/C23H32N4O4/c1-31-19-8-6-18(7-9-19)17-25-13-15-26(16-14-25)20(28)5-4-12-27-21(29)23(24-22(27)30)10-2-3-11-23/h6-9H,2-5,10-17H2,1H3,(H,24,30)/p+1. The van der Waals surface area contributed by atoms with E-state index in [9.17, 15) is 14.4 Å². The normalized spacial score (nSPS) is 21.1. The van der Waals surface area contributed by atoms with Crippen molar-refractivity contribution in [1.82, 2.24) is 15.1 Å². The number of carbonyl (C=O) groups is 3. The highest BCUT2D eigenvalue weighted by atomic mass is 16.5. The lowest BCUT2D eigenvalue weighted by atomic mass is 9.98. The second-order valence-electron chi connectivity index (χ2n) is 8.94. The van der Waals surface area contributed by atoms with E-state index in [4.69, 9.17) is 4.74 Å². The van der Waals surface area contributed by atoms with E-state index in [1.807, 2.05) is 17.0 Å². The Morgan fingerprint density at radius 3 is 2.45 bits per heavy atom. The Balaban J connectivity index is 1.18. The molecule has 3 fully saturated rings. The predicted molar refractivity (Wildman–Crippen MR) is 115 cm³/mol. The van der Waals surface area contributed by atoms with Gasteiger partial charge in [0.05, 0.1) is 33.3 Å². The number of methoxy groups -OCH3 is 1. The number of hydrogen-bond donors (Lipinski definition) is 2. The molecule has 8 nitrogen and oxygen atoms in total. The maximum Gasteiger partial charge on any atom is 0.325 e. The second-order valence-corrected chi connectivity index (χ2v) is 8.94. The number of rotatable bonds is 7. The molecule has 0 atom stereocenters. The van der Waals surface area contributed by atoms with Gasteiger partial charge in [0.1, 0.15) is 17.8 Å². The lowest BCUT2D eigenvalue weighted by Crippen LogP contribution is -3.13. The molecule has 4 rings (SSSR count). The summed E-state index contributed by atoms with van der Waals surface area (Å²) in [6.45, 7) is 4.61. The number of imide groups is 1. The average molecular weight is 430 g/mol. The molecule has 1 spiro atoms. The summed E-state index contributed by atoms with van der Waals surface area (Å²) in [7, 11) is 1.67. The first-order valence-corrected chi connectivity index (χ1v) is 11.4. The topological polar surface area (TPSA) is 83.4 Å². The van der Waals surface area contributed by atoms with Crippen LogP contribution in [0.5, 0.6) is 5.75 Å². The highest BCUT2D eigenvalue weighted by Crippen LogP contribution is 2.35. The van der Waals surface area contributed by atoms with Crippen LogP contribution in [0.3, 0.4) is 0 Å². The molecule has 2 heterocycles. The zero-order valence-electron chi connectivity index (χ0n) is 18.3. The minimum absolute atomic E-state index is 0.0989. The van der Waals surface area contributed by atoms with E-state index in [0.29, 0.717) is 19.4 Å². The van der Waals surface area contributed by atoms with Gasteiger partial charge in [-0.15, -0.1) is 0 Å². The van der Waals surface area contributed by atoms with Gasteiger partial charge in [-0.25, -0.2) is 4.79 Å². The van der Waals surface area contributed by atoms with E-state index in [1.54, 1.807) is 7.11 Å². The number of quaternary nitrogens is 1. The predicted octanol–water partition coefficient (Wildman–Crippen LogP) is 0.567. The Morgan fingerprint density at radius 2 is 1.81 bits per heavy atom. The Kier molecular flexibility index (Phi) is 6.46. The SMILES string of the molecule is COc1ccc(C[NH+]2CCN(C(=O)CCCN3C(=O)NC4(CCCC4)C3=O)CC2)cc1. The molecule has 0 radical (unpaired) electrons. The molecular formula is C23H33N4O4+. The van der Waals surface area contributed by atoms with Crippen LogP contribution >= 0.6 is 0 Å². The van der Waals surface area contributed by atoms with Crippen LogP contribution in [0.2, 0.25) is 0 Å². The molecule has 0 bridgehead atoms. The van der Waals surface area contributed by atoms with Crippen LogP contribution in [-0.2, 0) is 16.1 Å². The third-order valence-electron chi connectivity index (χ3n) is 6.91. The van der Waals surface area contributed by atoms with Gasteiger partial charge in [-0.05, 0) is 43.5 Å². The van der Waals surface area contributed by atoms with E-state index >= 15 is 0 Å². The maximum absolute atomic E-state index is 12.7. The van der Waals surface area contributed by atoms with E-state index in [-0.39, 0.29) is 17.8 Å². The van der Waals surface area contributed by atoms with Crippen molar-refractivity contribution in [3.05, 3.63) is 29.8 Å². The zero-order chi connectivity index (χ0) is 21.8. The number of benzene rings is 1. The Hall–Kier alpha value is -2.61. The van der Waals surface area contributed by atoms with Crippen molar-refractivity contribution in [2.24, 2.45) is 0 Å². The summed E-state index contributed by atoms with van der Waals surface area (Å²) in [6.07, 6.45) is 4.31. The molecule has 0 unspecified atom stereocenters. The molecule has 2 aliphatic heterocycles. The van der Waals surface area contributed by atoms with Crippen molar-refractivity contribution in [1.29, 1.82) is 0 Å². The van der Waals surface area contributed by atoms with Gasteiger partial charge in [-0.2, -0.15) is 0 Å². The quantitative estimate of drug-likeness (QED) is 0.621. The highest BCUT2D eigenvalue weighted by Gasteiger charge is 2.52. The minimum atomic E-state index is -0.663. The van der Waals surface area contributed by atoms with E-state index < -0.39 is 5.54 Å². The summed E-state index contributed by atoms with van der Waals surface area (Å²) in [5, 5.41) is 2.89. The fourth-order valence-corrected chi connectivity index (χ4v) is 5.02. The van der Waals surface area contributed by atoms with Crippen LogP contribution in [0.4, 0.5) is 4.79 Å².